The number of piperazine rings is 1. The summed E-state index contributed by atoms with van der Waals surface area (Å²) in [4.78, 5) is 28.3. The number of anilines is 1. The van der Waals surface area contributed by atoms with E-state index < -0.39 is 20.8 Å². The lowest BCUT2D eigenvalue weighted by Crippen LogP contribution is -2.50. The highest BCUT2D eigenvalue weighted by molar-refractivity contribution is 7.89. The summed E-state index contributed by atoms with van der Waals surface area (Å²) in [5, 5.41) is 7.47. The first-order chi connectivity index (χ1) is 20.6. The van der Waals surface area contributed by atoms with Crippen LogP contribution in [0.1, 0.15) is 49.9 Å². The molecule has 230 valence electrons. The van der Waals surface area contributed by atoms with Crippen LogP contribution in [0.3, 0.4) is 0 Å². The minimum Gasteiger partial charge on any atom is -0.483 e. The highest BCUT2D eigenvalue weighted by Gasteiger charge is 2.32. The largest absolute Gasteiger partial charge is 0.483 e. The number of carbonyl (C=O) groups is 1. The highest BCUT2D eigenvalue weighted by atomic mass is 35.5. The standard InChI is InChI=1S/C31H38ClN5O5S/c1-22(2)43(40,41)36-17-15-35(16-18-36)28-21-34-37(26-10-6-9-25(32)19-26)31(39)29(28)42-27-13-11-23(12-14-27)20-33-30(38)24-7-4-3-5-8-24/h3-10,19,21-23,27H,11-18,20H2,1-2H3,(H,33,38). The second-order valence-corrected chi connectivity index (χ2v) is 14.3. The molecule has 12 heteroatoms. The van der Waals surface area contributed by atoms with Crippen molar-refractivity contribution >= 4 is 33.2 Å². The zero-order chi connectivity index (χ0) is 30.6. The topological polar surface area (TPSA) is 114 Å². The smallest absolute Gasteiger partial charge is 0.316 e. The fraction of sp³-hybridized carbons (Fsp3) is 0.452. The molecule has 0 radical (unpaired) electrons. The molecule has 0 bridgehead atoms. The Bertz CT molecular complexity index is 1580. The Morgan fingerprint density at radius 1 is 1.02 bits per heavy atom. The van der Waals surface area contributed by atoms with Crippen LogP contribution in [0, 0.1) is 5.92 Å². The minimum absolute atomic E-state index is 0.0803. The van der Waals surface area contributed by atoms with Crippen molar-refractivity contribution in [1.82, 2.24) is 19.4 Å². The van der Waals surface area contributed by atoms with Gasteiger partial charge in [-0.2, -0.15) is 14.1 Å². The van der Waals surface area contributed by atoms with Crippen LogP contribution in [0.25, 0.3) is 5.69 Å². The van der Waals surface area contributed by atoms with Crippen LogP contribution in [0.2, 0.25) is 5.02 Å². The summed E-state index contributed by atoms with van der Waals surface area (Å²) in [5.74, 6) is 0.447. The molecule has 0 unspecified atom stereocenters. The zero-order valence-corrected chi connectivity index (χ0v) is 26.1. The molecule has 1 aliphatic carbocycles. The summed E-state index contributed by atoms with van der Waals surface area (Å²) in [6, 6.07) is 16.1. The average Bonchev–Trinajstić information content (AvgIpc) is 3.02. The van der Waals surface area contributed by atoms with Gasteiger partial charge >= 0.3 is 5.56 Å². The number of rotatable bonds is 9. The molecule has 10 nitrogen and oxygen atoms in total. The lowest BCUT2D eigenvalue weighted by molar-refractivity contribution is 0.0927. The lowest BCUT2D eigenvalue weighted by Gasteiger charge is -2.37. The normalized spacial score (nSPS) is 19.8. The second-order valence-electron chi connectivity index (χ2n) is 11.4. The molecule has 0 spiro atoms. The van der Waals surface area contributed by atoms with Gasteiger partial charge in [0.2, 0.25) is 15.8 Å². The van der Waals surface area contributed by atoms with E-state index in [9.17, 15) is 18.0 Å². The fourth-order valence-corrected chi connectivity index (χ4v) is 7.04. The summed E-state index contributed by atoms with van der Waals surface area (Å²) >= 11 is 6.20. The molecule has 2 heterocycles. The van der Waals surface area contributed by atoms with Crippen LogP contribution >= 0.6 is 11.6 Å². The van der Waals surface area contributed by atoms with Crippen LogP contribution in [0.4, 0.5) is 5.69 Å². The van der Waals surface area contributed by atoms with Gasteiger partial charge in [-0.3, -0.25) is 9.59 Å². The van der Waals surface area contributed by atoms with Gasteiger partial charge in [-0.05, 0) is 75.8 Å². The summed E-state index contributed by atoms with van der Waals surface area (Å²) in [6.45, 7) is 5.41. The van der Waals surface area contributed by atoms with Crippen molar-refractivity contribution in [3.05, 3.63) is 81.7 Å². The highest BCUT2D eigenvalue weighted by Crippen LogP contribution is 2.32. The van der Waals surface area contributed by atoms with Gasteiger partial charge in [-0.25, -0.2) is 8.42 Å². The monoisotopic (exact) mass is 627 g/mol. The Morgan fingerprint density at radius 2 is 1.72 bits per heavy atom. The van der Waals surface area contributed by atoms with Crippen LogP contribution in [-0.2, 0) is 10.0 Å². The molecule has 1 aromatic heterocycles. The minimum atomic E-state index is -3.37. The number of hydrogen-bond acceptors (Lipinski definition) is 7. The third kappa shape index (κ3) is 7.22. The van der Waals surface area contributed by atoms with Crippen LogP contribution < -0.4 is 20.5 Å². The van der Waals surface area contributed by atoms with Gasteiger partial charge in [0.05, 0.1) is 23.2 Å². The second kappa shape index (κ2) is 13.5. The molecular formula is C31H38ClN5O5S. The molecule has 1 amide bonds. The third-order valence-electron chi connectivity index (χ3n) is 8.17. The maximum Gasteiger partial charge on any atom is 0.316 e. The van der Waals surface area contributed by atoms with Gasteiger partial charge in [0, 0.05) is 43.3 Å². The molecule has 1 saturated carbocycles. The number of hydrogen-bond donors (Lipinski definition) is 1. The predicted molar refractivity (Wildman–Crippen MR) is 168 cm³/mol. The van der Waals surface area contributed by atoms with E-state index in [4.69, 9.17) is 16.3 Å². The van der Waals surface area contributed by atoms with E-state index in [1.54, 1.807) is 56.4 Å². The SMILES string of the molecule is CC(C)S(=O)(=O)N1CCN(c2cnn(-c3cccc(Cl)c3)c(=O)c2OC2CCC(CNC(=O)c3ccccc3)CC2)CC1. The van der Waals surface area contributed by atoms with Crippen molar-refractivity contribution in [3.63, 3.8) is 0 Å². The Kier molecular flexibility index (Phi) is 9.73. The number of nitrogens with one attached hydrogen (secondary N) is 1. The van der Waals surface area contributed by atoms with E-state index in [2.05, 4.69) is 10.4 Å². The third-order valence-corrected chi connectivity index (χ3v) is 10.7. The molecule has 2 aliphatic rings. The van der Waals surface area contributed by atoms with Gasteiger partial charge < -0.3 is 15.0 Å². The molecule has 43 heavy (non-hydrogen) atoms. The fourth-order valence-electron chi connectivity index (χ4n) is 5.59. The maximum absolute atomic E-state index is 13.9. The molecule has 1 saturated heterocycles. The molecule has 3 aromatic rings. The molecule has 1 N–H and O–H groups in total. The van der Waals surface area contributed by atoms with E-state index in [1.165, 1.54) is 8.99 Å². The van der Waals surface area contributed by atoms with Gasteiger partial charge in [-0.1, -0.05) is 35.9 Å². The Labute approximate surface area is 257 Å². The van der Waals surface area contributed by atoms with Gasteiger partial charge in [0.1, 0.15) is 5.69 Å². The number of halogens is 1. The predicted octanol–water partition coefficient (Wildman–Crippen LogP) is 4.11. The Balaban J connectivity index is 1.30. The summed E-state index contributed by atoms with van der Waals surface area (Å²) in [7, 11) is -3.37. The van der Waals surface area contributed by atoms with Gasteiger partial charge in [-0.15, -0.1) is 0 Å². The van der Waals surface area contributed by atoms with Crippen molar-refractivity contribution < 1.29 is 17.9 Å². The van der Waals surface area contributed by atoms with E-state index >= 15 is 0 Å². The first-order valence-electron chi connectivity index (χ1n) is 14.8. The molecule has 5 rings (SSSR count). The lowest BCUT2D eigenvalue weighted by atomic mass is 9.87. The molecule has 2 aromatic carbocycles. The number of amides is 1. The van der Waals surface area contributed by atoms with Gasteiger partial charge in [0.25, 0.3) is 5.91 Å². The van der Waals surface area contributed by atoms with E-state index in [0.717, 1.165) is 25.7 Å². The first-order valence-corrected chi connectivity index (χ1v) is 16.6. The molecule has 2 fully saturated rings. The van der Waals surface area contributed by atoms with E-state index in [1.807, 2.05) is 23.1 Å². The molecule has 0 atom stereocenters. The number of benzene rings is 2. The number of sulfonamides is 1. The van der Waals surface area contributed by atoms with Gasteiger partial charge in [0.15, 0.2) is 0 Å². The molecular weight excluding hydrogens is 590 g/mol. The van der Waals surface area contributed by atoms with Crippen molar-refractivity contribution in [2.24, 2.45) is 5.92 Å². The van der Waals surface area contributed by atoms with E-state index in [-0.39, 0.29) is 17.8 Å². The average molecular weight is 628 g/mol. The first kappa shape index (κ1) is 31.0. The summed E-state index contributed by atoms with van der Waals surface area (Å²) in [5.41, 5.74) is 1.33. The molecule has 1 aliphatic heterocycles. The van der Waals surface area contributed by atoms with Crippen LogP contribution in [0.5, 0.6) is 5.75 Å². The van der Waals surface area contributed by atoms with Crippen LogP contribution in [-0.4, -0.2) is 72.5 Å². The summed E-state index contributed by atoms with van der Waals surface area (Å²) < 4.78 is 34.7. The van der Waals surface area contributed by atoms with Crippen molar-refractivity contribution in [2.45, 2.75) is 50.9 Å². The number of ether oxygens (including phenoxy) is 1. The maximum atomic E-state index is 13.9. The number of aromatic nitrogens is 2. The summed E-state index contributed by atoms with van der Waals surface area (Å²) in [6.07, 6.45) is 4.64. The number of nitrogens with zero attached hydrogens (tertiary/aromatic N) is 4. The van der Waals surface area contributed by atoms with Crippen molar-refractivity contribution in [1.29, 1.82) is 0 Å². The van der Waals surface area contributed by atoms with E-state index in [0.29, 0.717) is 60.6 Å². The Hall–Kier alpha value is -3.41. The van der Waals surface area contributed by atoms with Crippen LogP contribution in [0.15, 0.2) is 65.6 Å². The quantitative estimate of drug-likeness (QED) is 0.380. The Morgan fingerprint density at radius 3 is 2.37 bits per heavy atom. The van der Waals surface area contributed by atoms with Crippen molar-refractivity contribution in [2.75, 3.05) is 37.6 Å². The number of carbonyl (C=O) groups excluding carboxylic acids is 1. The van der Waals surface area contributed by atoms with Crippen molar-refractivity contribution in [3.8, 4) is 11.4 Å². The zero-order valence-electron chi connectivity index (χ0n) is 24.5.